The summed E-state index contributed by atoms with van der Waals surface area (Å²) < 4.78 is 11.6. The minimum atomic E-state index is 0.770. The fraction of sp³-hybridized carbons (Fsp3) is 0.625. The summed E-state index contributed by atoms with van der Waals surface area (Å²) in [6, 6.07) is 6.26. The van der Waals surface area contributed by atoms with Crippen molar-refractivity contribution < 1.29 is 9.47 Å². The normalized spacial score (nSPS) is 10.4. The molecule has 0 aliphatic heterocycles. The third-order valence-corrected chi connectivity index (χ3v) is 2.93. The highest BCUT2D eigenvalue weighted by molar-refractivity contribution is 5.43. The van der Waals surface area contributed by atoms with E-state index in [-0.39, 0.29) is 0 Å². The van der Waals surface area contributed by atoms with Gasteiger partial charge in [0.15, 0.2) is 11.5 Å². The Hall–Kier alpha value is -1.18. The van der Waals surface area contributed by atoms with Crippen LogP contribution >= 0.6 is 0 Å². The van der Waals surface area contributed by atoms with Crippen LogP contribution in [0.2, 0.25) is 0 Å². The molecule has 2 nitrogen and oxygen atoms in total. The maximum Gasteiger partial charge on any atom is 0.161 e. The standard InChI is InChI=1S/C16H26O2/c1-4-7-11-17-15-10-9-14(6-3)13-16(15)18-12-8-5-2/h9-10,13H,4-8,11-12H2,1-3H3. The van der Waals surface area contributed by atoms with Gasteiger partial charge in [0.05, 0.1) is 13.2 Å². The maximum atomic E-state index is 5.83. The van der Waals surface area contributed by atoms with Gasteiger partial charge in [-0.05, 0) is 37.0 Å². The van der Waals surface area contributed by atoms with Gasteiger partial charge >= 0.3 is 0 Å². The van der Waals surface area contributed by atoms with Crippen molar-refractivity contribution in [1.29, 1.82) is 0 Å². The SMILES string of the molecule is CCCCOc1ccc(CC)cc1OCCCC. The summed E-state index contributed by atoms with van der Waals surface area (Å²) >= 11 is 0. The highest BCUT2D eigenvalue weighted by atomic mass is 16.5. The highest BCUT2D eigenvalue weighted by Crippen LogP contribution is 2.29. The largest absolute Gasteiger partial charge is 0.490 e. The number of aryl methyl sites for hydroxylation is 1. The van der Waals surface area contributed by atoms with Crippen LogP contribution in [0.1, 0.15) is 52.0 Å². The minimum Gasteiger partial charge on any atom is -0.490 e. The molecule has 0 aliphatic rings. The quantitative estimate of drug-likeness (QED) is 0.596. The summed E-state index contributed by atoms with van der Waals surface area (Å²) in [7, 11) is 0. The number of hydrogen-bond donors (Lipinski definition) is 0. The number of ether oxygens (including phenoxy) is 2. The number of rotatable bonds is 9. The van der Waals surface area contributed by atoms with Gasteiger partial charge in [-0.1, -0.05) is 39.7 Å². The van der Waals surface area contributed by atoms with Crippen molar-refractivity contribution in [3.8, 4) is 11.5 Å². The first-order valence-electron chi connectivity index (χ1n) is 7.20. The van der Waals surface area contributed by atoms with E-state index in [1.165, 1.54) is 5.56 Å². The molecule has 0 spiro atoms. The zero-order valence-corrected chi connectivity index (χ0v) is 12.0. The van der Waals surface area contributed by atoms with Crippen LogP contribution in [0.4, 0.5) is 0 Å². The molecule has 0 atom stereocenters. The van der Waals surface area contributed by atoms with Gasteiger partial charge in [-0.2, -0.15) is 0 Å². The Morgan fingerprint density at radius 3 is 2.00 bits per heavy atom. The molecule has 0 N–H and O–H groups in total. The molecule has 0 amide bonds. The van der Waals surface area contributed by atoms with Crippen molar-refractivity contribution in [1.82, 2.24) is 0 Å². The average Bonchev–Trinajstić information content (AvgIpc) is 2.40. The van der Waals surface area contributed by atoms with Crippen LogP contribution in [0, 0.1) is 0 Å². The summed E-state index contributed by atoms with van der Waals surface area (Å²) in [6.07, 6.45) is 5.51. The lowest BCUT2D eigenvalue weighted by atomic mass is 10.1. The van der Waals surface area contributed by atoms with Crippen molar-refractivity contribution in [2.24, 2.45) is 0 Å². The van der Waals surface area contributed by atoms with Gasteiger partial charge in [-0.3, -0.25) is 0 Å². The number of hydrogen-bond acceptors (Lipinski definition) is 2. The van der Waals surface area contributed by atoms with E-state index >= 15 is 0 Å². The Balaban J connectivity index is 2.66. The van der Waals surface area contributed by atoms with Crippen LogP contribution in [-0.2, 0) is 6.42 Å². The van der Waals surface area contributed by atoms with Crippen molar-refractivity contribution in [3.63, 3.8) is 0 Å². The van der Waals surface area contributed by atoms with Crippen LogP contribution in [-0.4, -0.2) is 13.2 Å². The molecule has 102 valence electrons. The van der Waals surface area contributed by atoms with E-state index in [1.807, 2.05) is 6.07 Å². The summed E-state index contributed by atoms with van der Waals surface area (Å²) in [5, 5.41) is 0. The molecular formula is C16H26O2. The van der Waals surface area contributed by atoms with E-state index in [1.54, 1.807) is 0 Å². The number of unbranched alkanes of at least 4 members (excludes halogenated alkanes) is 2. The van der Waals surface area contributed by atoms with E-state index in [2.05, 4.69) is 32.9 Å². The third kappa shape index (κ3) is 4.99. The summed E-state index contributed by atoms with van der Waals surface area (Å²) in [6.45, 7) is 8.04. The molecule has 0 unspecified atom stereocenters. The Labute approximate surface area is 111 Å². The molecule has 0 fully saturated rings. The molecule has 0 saturated carbocycles. The van der Waals surface area contributed by atoms with Crippen LogP contribution < -0.4 is 9.47 Å². The molecule has 0 aliphatic carbocycles. The van der Waals surface area contributed by atoms with Gasteiger partial charge in [0.1, 0.15) is 0 Å². The first-order valence-corrected chi connectivity index (χ1v) is 7.20. The smallest absolute Gasteiger partial charge is 0.161 e. The predicted octanol–water partition coefficient (Wildman–Crippen LogP) is 4.61. The Kier molecular flexibility index (Phi) is 7.31. The first kappa shape index (κ1) is 14.9. The average molecular weight is 250 g/mol. The summed E-state index contributed by atoms with van der Waals surface area (Å²) in [4.78, 5) is 0. The second-order valence-corrected chi connectivity index (χ2v) is 4.54. The van der Waals surface area contributed by atoms with Crippen molar-refractivity contribution in [2.45, 2.75) is 52.9 Å². The van der Waals surface area contributed by atoms with Crippen LogP contribution in [0.3, 0.4) is 0 Å². The van der Waals surface area contributed by atoms with Gasteiger partial charge in [0.25, 0.3) is 0 Å². The van der Waals surface area contributed by atoms with Crippen LogP contribution in [0.15, 0.2) is 18.2 Å². The van der Waals surface area contributed by atoms with Gasteiger partial charge in [-0.15, -0.1) is 0 Å². The number of benzene rings is 1. The van der Waals surface area contributed by atoms with Crippen LogP contribution in [0.25, 0.3) is 0 Å². The lowest BCUT2D eigenvalue weighted by Gasteiger charge is -2.13. The minimum absolute atomic E-state index is 0.770. The second-order valence-electron chi connectivity index (χ2n) is 4.54. The highest BCUT2D eigenvalue weighted by Gasteiger charge is 2.06. The third-order valence-electron chi connectivity index (χ3n) is 2.93. The second kappa shape index (κ2) is 8.84. The van der Waals surface area contributed by atoms with E-state index in [9.17, 15) is 0 Å². The predicted molar refractivity (Wildman–Crippen MR) is 76.6 cm³/mol. The molecule has 0 bridgehead atoms. The van der Waals surface area contributed by atoms with Gasteiger partial charge < -0.3 is 9.47 Å². The Bertz CT molecular complexity index is 334. The van der Waals surface area contributed by atoms with Gasteiger partial charge in [0.2, 0.25) is 0 Å². The molecule has 1 rings (SSSR count). The molecule has 1 aromatic carbocycles. The lowest BCUT2D eigenvalue weighted by molar-refractivity contribution is 0.261. The monoisotopic (exact) mass is 250 g/mol. The molecule has 0 radical (unpaired) electrons. The molecule has 0 heterocycles. The fourth-order valence-corrected chi connectivity index (χ4v) is 1.66. The maximum absolute atomic E-state index is 5.83. The van der Waals surface area contributed by atoms with Crippen molar-refractivity contribution in [2.75, 3.05) is 13.2 Å². The summed E-state index contributed by atoms with van der Waals surface area (Å²) in [5.74, 6) is 1.79. The topological polar surface area (TPSA) is 18.5 Å². The van der Waals surface area contributed by atoms with Crippen molar-refractivity contribution >= 4 is 0 Å². The Morgan fingerprint density at radius 1 is 0.833 bits per heavy atom. The molecule has 1 aromatic rings. The van der Waals surface area contributed by atoms with E-state index in [0.717, 1.165) is 56.8 Å². The molecule has 18 heavy (non-hydrogen) atoms. The van der Waals surface area contributed by atoms with Gasteiger partial charge in [-0.25, -0.2) is 0 Å². The van der Waals surface area contributed by atoms with E-state index in [0.29, 0.717) is 0 Å². The fourth-order valence-electron chi connectivity index (χ4n) is 1.66. The first-order chi connectivity index (χ1) is 8.81. The molecule has 0 saturated heterocycles. The van der Waals surface area contributed by atoms with E-state index in [4.69, 9.17) is 9.47 Å². The zero-order chi connectivity index (χ0) is 13.2. The summed E-state index contributed by atoms with van der Waals surface area (Å²) in [5.41, 5.74) is 1.30. The van der Waals surface area contributed by atoms with Crippen LogP contribution in [0.5, 0.6) is 11.5 Å². The zero-order valence-electron chi connectivity index (χ0n) is 12.0. The van der Waals surface area contributed by atoms with Crippen molar-refractivity contribution in [3.05, 3.63) is 23.8 Å². The van der Waals surface area contributed by atoms with Gasteiger partial charge in [0, 0.05) is 0 Å². The van der Waals surface area contributed by atoms with E-state index < -0.39 is 0 Å². The Morgan fingerprint density at radius 2 is 1.44 bits per heavy atom. The molecule has 0 aromatic heterocycles. The molecular weight excluding hydrogens is 224 g/mol. The lowest BCUT2D eigenvalue weighted by Crippen LogP contribution is -2.02. The molecule has 2 heteroatoms.